The number of fused-ring (bicyclic) bond motifs is 5. The van der Waals surface area contributed by atoms with E-state index >= 15 is 0 Å². The molecule has 27 heavy (non-hydrogen) atoms. The molecule has 1 heterocycles. The summed E-state index contributed by atoms with van der Waals surface area (Å²) in [5.41, 5.74) is 0.716. The van der Waals surface area contributed by atoms with Gasteiger partial charge in [0.05, 0.1) is 12.2 Å². The zero-order chi connectivity index (χ0) is 18.6. The molecule has 0 aromatic carbocycles. The molecule has 0 radical (unpaired) electrons. The fourth-order valence-corrected chi connectivity index (χ4v) is 8.35. The van der Waals surface area contributed by atoms with Crippen LogP contribution in [0.4, 0.5) is 0 Å². The first-order valence-electron chi connectivity index (χ1n) is 12.0. The van der Waals surface area contributed by atoms with E-state index in [1.807, 2.05) is 0 Å². The molecule has 0 aromatic heterocycles. The van der Waals surface area contributed by atoms with Crippen LogP contribution in [0.1, 0.15) is 90.9 Å². The topological polar surface area (TPSA) is 38.7 Å². The van der Waals surface area contributed by atoms with Crippen LogP contribution >= 0.6 is 0 Å². The molecule has 9 atom stereocenters. The third-order valence-electron chi connectivity index (χ3n) is 10.0. The Labute approximate surface area is 165 Å². The van der Waals surface area contributed by atoms with E-state index in [0.29, 0.717) is 11.5 Å². The first-order valence-corrected chi connectivity index (χ1v) is 12.0. The number of ether oxygens (including phenoxy) is 2. The average Bonchev–Trinajstić information content (AvgIpc) is 2.98. The standard InChI is InChI=1S/C24H40O3/c1-23-12-10-17(27-22-5-3-4-14-26-22)15-16(23)6-7-18-19-8-9-21(25)24(19,2)13-11-20(18)23/h16-22,25H,3-15H2,1-2H3/t16-,17+,18+,19+,20+,21-,22+,23-,24-/m0/s1. The van der Waals surface area contributed by atoms with Gasteiger partial charge in [0.25, 0.3) is 0 Å². The Hall–Kier alpha value is -0.120. The van der Waals surface area contributed by atoms with Crippen LogP contribution in [0.5, 0.6) is 0 Å². The van der Waals surface area contributed by atoms with Crippen molar-refractivity contribution in [3.8, 4) is 0 Å². The number of hydrogen-bond donors (Lipinski definition) is 1. The summed E-state index contributed by atoms with van der Waals surface area (Å²) in [6.07, 6.45) is 15.5. The summed E-state index contributed by atoms with van der Waals surface area (Å²) in [6, 6.07) is 0. The largest absolute Gasteiger partial charge is 0.393 e. The fourth-order valence-electron chi connectivity index (χ4n) is 8.35. The predicted octanol–water partition coefficient (Wildman–Crippen LogP) is 5.30. The van der Waals surface area contributed by atoms with E-state index in [9.17, 15) is 5.11 Å². The fraction of sp³-hybridized carbons (Fsp3) is 1.00. The highest BCUT2D eigenvalue weighted by molar-refractivity contribution is 5.09. The summed E-state index contributed by atoms with van der Waals surface area (Å²) in [5.74, 6) is 3.35. The monoisotopic (exact) mass is 376 g/mol. The van der Waals surface area contributed by atoms with Gasteiger partial charge in [0.2, 0.25) is 0 Å². The van der Waals surface area contributed by atoms with E-state index in [-0.39, 0.29) is 17.8 Å². The van der Waals surface area contributed by atoms with Crippen molar-refractivity contribution in [2.75, 3.05) is 6.61 Å². The van der Waals surface area contributed by atoms with Gasteiger partial charge in [-0.1, -0.05) is 13.8 Å². The van der Waals surface area contributed by atoms with Crippen LogP contribution in [-0.2, 0) is 9.47 Å². The normalized spacial score (nSPS) is 55.4. The number of aliphatic hydroxyl groups is 1. The highest BCUT2D eigenvalue weighted by atomic mass is 16.7. The SMILES string of the molecule is C[C@]12CC[C@@H](O[C@@H]3CCCCO3)C[C@@H]1CC[C@H]1[C@H]2CC[C@@]2(C)[C@@H]1CC[C@@H]2O. The molecule has 1 aliphatic heterocycles. The molecule has 4 saturated carbocycles. The van der Waals surface area contributed by atoms with Gasteiger partial charge < -0.3 is 14.6 Å². The van der Waals surface area contributed by atoms with Crippen molar-refractivity contribution in [3.05, 3.63) is 0 Å². The van der Waals surface area contributed by atoms with Crippen LogP contribution in [0.25, 0.3) is 0 Å². The molecular weight excluding hydrogens is 336 g/mol. The molecule has 5 aliphatic rings. The van der Waals surface area contributed by atoms with E-state index in [4.69, 9.17) is 9.47 Å². The third-order valence-corrected chi connectivity index (χ3v) is 10.0. The second-order valence-corrected chi connectivity index (χ2v) is 11.1. The van der Waals surface area contributed by atoms with Gasteiger partial charge in [0.1, 0.15) is 0 Å². The van der Waals surface area contributed by atoms with Gasteiger partial charge in [-0.2, -0.15) is 0 Å². The molecule has 3 nitrogen and oxygen atoms in total. The lowest BCUT2D eigenvalue weighted by atomic mass is 9.45. The maximum absolute atomic E-state index is 10.6. The van der Waals surface area contributed by atoms with Crippen LogP contribution in [0.15, 0.2) is 0 Å². The second kappa shape index (κ2) is 6.99. The smallest absolute Gasteiger partial charge is 0.157 e. The van der Waals surface area contributed by atoms with Crippen LogP contribution in [0, 0.1) is 34.5 Å². The lowest BCUT2D eigenvalue weighted by Crippen LogP contribution is -2.54. The summed E-state index contributed by atoms with van der Waals surface area (Å²) in [4.78, 5) is 0. The quantitative estimate of drug-likeness (QED) is 0.665. The Balaban J connectivity index is 1.27. The molecule has 1 saturated heterocycles. The molecule has 1 N–H and O–H groups in total. The van der Waals surface area contributed by atoms with E-state index in [2.05, 4.69) is 13.8 Å². The van der Waals surface area contributed by atoms with Gasteiger partial charge in [-0.15, -0.1) is 0 Å². The Morgan fingerprint density at radius 3 is 2.48 bits per heavy atom. The van der Waals surface area contributed by atoms with Crippen LogP contribution < -0.4 is 0 Å². The van der Waals surface area contributed by atoms with Crippen LogP contribution in [0.2, 0.25) is 0 Å². The summed E-state index contributed by atoms with van der Waals surface area (Å²) in [5, 5.41) is 10.6. The Morgan fingerprint density at radius 2 is 1.67 bits per heavy atom. The van der Waals surface area contributed by atoms with Crippen molar-refractivity contribution < 1.29 is 14.6 Å². The molecular formula is C24H40O3. The van der Waals surface area contributed by atoms with Gasteiger partial charge >= 0.3 is 0 Å². The summed E-state index contributed by atoms with van der Waals surface area (Å²) in [6.45, 7) is 5.90. The van der Waals surface area contributed by atoms with Crippen molar-refractivity contribution >= 4 is 0 Å². The van der Waals surface area contributed by atoms with Crippen molar-refractivity contribution in [2.24, 2.45) is 34.5 Å². The molecule has 0 aromatic rings. The summed E-state index contributed by atoms with van der Waals surface area (Å²) < 4.78 is 12.3. The van der Waals surface area contributed by atoms with E-state index in [1.54, 1.807) is 0 Å². The van der Waals surface area contributed by atoms with E-state index in [0.717, 1.165) is 43.1 Å². The lowest BCUT2D eigenvalue weighted by Gasteiger charge is -2.61. The van der Waals surface area contributed by atoms with Crippen molar-refractivity contribution in [3.63, 3.8) is 0 Å². The molecule has 0 bridgehead atoms. The highest BCUT2D eigenvalue weighted by Gasteiger charge is 2.60. The molecule has 5 rings (SSSR count). The minimum absolute atomic E-state index is 0.0476. The minimum Gasteiger partial charge on any atom is -0.393 e. The predicted molar refractivity (Wildman–Crippen MR) is 106 cm³/mol. The molecule has 154 valence electrons. The molecule has 0 unspecified atom stereocenters. The first kappa shape index (κ1) is 18.9. The maximum Gasteiger partial charge on any atom is 0.157 e. The zero-order valence-corrected chi connectivity index (χ0v) is 17.5. The number of aliphatic hydroxyl groups excluding tert-OH is 1. The first-order chi connectivity index (χ1) is 13.0. The van der Waals surface area contributed by atoms with Crippen LogP contribution in [-0.4, -0.2) is 30.2 Å². The molecule has 5 fully saturated rings. The van der Waals surface area contributed by atoms with Gasteiger partial charge in [0.15, 0.2) is 6.29 Å². The van der Waals surface area contributed by atoms with Crippen molar-refractivity contribution in [1.82, 2.24) is 0 Å². The molecule has 4 aliphatic carbocycles. The third kappa shape index (κ3) is 3.02. The number of rotatable bonds is 2. The average molecular weight is 377 g/mol. The summed E-state index contributed by atoms with van der Waals surface area (Å²) in [7, 11) is 0. The lowest BCUT2D eigenvalue weighted by molar-refractivity contribution is -0.212. The molecule has 3 heteroatoms. The zero-order valence-electron chi connectivity index (χ0n) is 17.5. The maximum atomic E-state index is 10.6. The minimum atomic E-state index is -0.0476. The van der Waals surface area contributed by atoms with Gasteiger partial charge in [-0.3, -0.25) is 0 Å². The highest BCUT2D eigenvalue weighted by Crippen LogP contribution is 2.66. The van der Waals surface area contributed by atoms with E-state index < -0.39 is 0 Å². The number of hydrogen-bond acceptors (Lipinski definition) is 3. The van der Waals surface area contributed by atoms with Crippen molar-refractivity contribution in [1.29, 1.82) is 0 Å². The van der Waals surface area contributed by atoms with Gasteiger partial charge in [0, 0.05) is 6.61 Å². The second-order valence-electron chi connectivity index (χ2n) is 11.1. The summed E-state index contributed by atoms with van der Waals surface area (Å²) >= 11 is 0. The van der Waals surface area contributed by atoms with Gasteiger partial charge in [-0.25, -0.2) is 0 Å². The Kier molecular flexibility index (Phi) is 4.89. The Morgan fingerprint density at radius 1 is 0.852 bits per heavy atom. The van der Waals surface area contributed by atoms with E-state index in [1.165, 1.54) is 64.2 Å². The molecule has 0 spiro atoms. The van der Waals surface area contributed by atoms with Crippen molar-refractivity contribution in [2.45, 2.75) is 109 Å². The van der Waals surface area contributed by atoms with Crippen LogP contribution in [0.3, 0.4) is 0 Å². The van der Waals surface area contributed by atoms with Gasteiger partial charge in [-0.05, 0) is 112 Å². The Bertz CT molecular complexity index is 544. The molecule has 0 amide bonds.